The second-order valence-electron chi connectivity index (χ2n) is 6.74. The van der Waals surface area contributed by atoms with E-state index in [9.17, 15) is 4.79 Å². The van der Waals surface area contributed by atoms with Crippen LogP contribution >= 0.6 is 11.6 Å². The van der Waals surface area contributed by atoms with Gasteiger partial charge in [-0.25, -0.2) is 0 Å². The van der Waals surface area contributed by atoms with Crippen LogP contribution in [-0.4, -0.2) is 12.5 Å². The Morgan fingerprint density at radius 2 is 1.54 bits per heavy atom. The molecule has 1 aliphatic rings. The molecule has 130 valence electrons. The van der Waals surface area contributed by atoms with E-state index in [4.69, 9.17) is 11.6 Å². The molecule has 0 radical (unpaired) electrons. The predicted octanol–water partition coefficient (Wildman–Crippen LogP) is 5.39. The molecule has 0 unspecified atom stereocenters. The number of amides is 1. The van der Waals surface area contributed by atoms with Crippen LogP contribution in [-0.2, 0) is 0 Å². The molecule has 2 atom stereocenters. The van der Waals surface area contributed by atoms with Gasteiger partial charge in [0.05, 0.1) is 0 Å². The monoisotopic (exact) mass is 361 g/mol. The smallest absolute Gasteiger partial charge is 0.251 e. The molecule has 4 rings (SSSR count). The average Bonchev–Trinajstić information content (AvgIpc) is 3.06. The molecule has 2 nitrogen and oxygen atoms in total. The van der Waals surface area contributed by atoms with Gasteiger partial charge in [0, 0.05) is 29.0 Å². The molecule has 0 saturated heterocycles. The minimum Gasteiger partial charge on any atom is -0.351 e. The van der Waals surface area contributed by atoms with Crippen LogP contribution in [0.15, 0.2) is 78.9 Å². The molecule has 0 fully saturated rings. The molecular weight excluding hydrogens is 342 g/mol. The van der Waals surface area contributed by atoms with Crippen LogP contribution in [0.2, 0.25) is 5.02 Å². The lowest BCUT2D eigenvalue weighted by Gasteiger charge is -2.14. The molecule has 3 aromatic carbocycles. The molecule has 3 heteroatoms. The Morgan fingerprint density at radius 1 is 0.885 bits per heavy atom. The number of nitrogens with one attached hydrogen (secondary N) is 1. The largest absolute Gasteiger partial charge is 0.351 e. The number of hydrogen-bond acceptors (Lipinski definition) is 1. The molecule has 0 bridgehead atoms. The lowest BCUT2D eigenvalue weighted by molar-refractivity contribution is 0.0951. The second kappa shape index (κ2) is 7.35. The highest BCUT2D eigenvalue weighted by Gasteiger charge is 2.31. The Kier molecular flexibility index (Phi) is 4.77. The van der Waals surface area contributed by atoms with Gasteiger partial charge in [0.2, 0.25) is 0 Å². The molecule has 3 aromatic rings. The van der Waals surface area contributed by atoms with E-state index in [2.05, 4.69) is 41.7 Å². The van der Waals surface area contributed by atoms with Crippen LogP contribution in [0.4, 0.5) is 0 Å². The summed E-state index contributed by atoms with van der Waals surface area (Å²) in [6.45, 7) is 0.648. The summed E-state index contributed by atoms with van der Waals surface area (Å²) in [5.74, 6) is 0.652. The zero-order chi connectivity index (χ0) is 17.9. The van der Waals surface area contributed by atoms with Crippen molar-refractivity contribution in [3.63, 3.8) is 0 Å². The molecule has 0 spiro atoms. The SMILES string of the molecule is O=C(NC[C@@H]1C[C@@H](c2ccc(Cl)cc2)c2ccccc21)c1ccccc1. The molecular formula is C23H20ClNO. The van der Waals surface area contributed by atoms with E-state index < -0.39 is 0 Å². The van der Waals surface area contributed by atoms with Crippen molar-refractivity contribution in [2.45, 2.75) is 18.3 Å². The van der Waals surface area contributed by atoms with Crippen LogP contribution in [0.25, 0.3) is 0 Å². The van der Waals surface area contributed by atoms with Gasteiger partial charge in [-0.1, -0.05) is 66.2 Å². The zero-order valence-electron chi connectivity index (χ0n) is 14.4. The highest BCUT2D eigenvalue weighted by molar-refractivity contribution is 6.30. The summed E-state index contributed by atoms with van der Waals surface area (Å²) < 4.78 is 0. The molecule has 1 N–H and O–H groups in total. The van der Waals surface area contributed by atoms with Crippen molar-refractivity contribution >= 4 is 17.5 Å². The third kappa shape index (κ3) is 3.38. The van der Waals surface area contributed by atoms with Crippen molar-refractivity contribution in [3.05, 3.63) is 106 Å². The van der Waals surface area contributed by atoms with Gasteiger partial charge < -0.3 is 5.32 Å². The lowest BCUT2D eigenvalue weighted by atomic mass is 9.93. The normalized spacial score (nSPS) is 18.3. The number of carbonyl (C=O) groups excluding carboxylic acids is 1. The van der Waals surface area contributed by atoms with Crippen molar-refractivity contribution in [2.24, 2.45) is 0 Å². The van der Waals surface area contributed by atoms with E-state index in [1.54, 1.807) is 0 Å². The first-order valence-corrected chi connectivity index (χ1v) is 9.27. The van der Waals surface area contributed by atoms with Gasteiger partial charge >= 0.3 is 0 Å². The summed E-state index contributed by atoms with van der Waals surface area (Å²) in [5.41, 5.74) is 4.67. The van der Waals surface area contributed by atoms with Gasteiger partial charge in [-0.05, 0) is 47.4 Å². The fraction of sp³-hybridized carbons (Fsp3) is 0.174. The summed E-state index contributed by atoms with van der Waals surface area (Å²) >= 11 is 6.04. The number of halogens is 1. The molecule has 0 heterocycles. The molecule has 1 amide bonds. The maximum absolute atomic E-state index is 12.4. The van der Waals surface area contributed by atoms with Gasteiger partial charge in [0.15, 0.2) is 0 Å². The van der Waals surface area contributed by atoms with Crippen molar-refractivity contribution in [1.29, 1.82) is 0 Å². The summed E-state index contributed by atoms with van der Waals surface area (Å²) in [5, 5.41) is 3.86. The van der Waals surface area contributed by atoms with Gasteiger partial charge in [-0.2, -0.15) is 0 Å². The highest BCUT2D eigenvalue weighted by Crippen LogP contribution is 2.45. The van der Waals surface area contributed by atoms with Gasteiger partial charge in [0.1, 0.15) is 0 Å². The van der Waals surface area contributed by atoms with E-state index in [0.29, 0.717) is 23.9 Å². The Hall–Kier alpha value is -2.58. The molecule has 26 heavy (non-hydrogen) atoms. The Balaban J connectivity index is 1.53. The van der Waals surface area contributed by atoms with E-state index in [-0.39, 0.29) is 5.91 Å². The molecule has 1 aliphatic carbocycles. The molecule has 0 saturated carbocycles. The van der Waals surface area contributed by atoms with Crippen molar-refractivity contribution < 1.29 is 4.79 Å². The number of fused-ring (bicyclic) bond motifs is 1. The maximum atomic E-state index is 12.4. The van der Waals surface area contributed by atoms with E-state index >= 15 is 0 Å². The predicted molar refractivity (Wildman–Crippen MR) is 106 cm³/mol. The molecule has 0 aromatic heterocycles. The number of benzene rings is 3. The second-order valence-corrected chi connectivity index (χ2v) is 7.18. The minimum absolute atomic E-state index is 0.0157. The van der Waals surface area contributed by atoms with E-state index in [0.717, 1.165) is 11.4 Å². The topological polar surface area (TPSA) is 29.1 Å². The van der Waals surface area contributed by atoms with Crippen molar-refractivity contribution in [1.82, 2.24) is 5.32 Å². The van der Waals surface area contributed by atoms with Gasteiger partial charge in [-0.15, -0.1) is 0 Å². The molecule has 0 aliphatic heterocycles. The third-order valence-electron chi connectivity index (χ3n) is 5.15. The standard InChI is InChI=1S/C23H20ClNO/c24-19-12-10-16(11-13-19)22-14-18(20-8-4-5-9-21(20)22)15-25-23(26)17-6-2-1-3-7-17/h1-13,18,22H,14-15H2,(H,25,26)/t18-,22-/m0/s1. The van der Waals surface area contributed by atoms with Gasteiger partial charge in [0.25, 0.3) is 5.91 Å². The first-order chi connectivity index (χ1) is 12.7. The first kappa shape index (κ1) is 16.9. The van der Waals surface area contributed by atoms with Crippen molar-refractivity contribution in [2.75, 3.05) is 6.54 Å². The summed E-state index contributed by atoms with van der Waals surface area (Å²) in [6.07, 6.45) is 0.996. The maximum Gasteiger partial charge on any atom is 0.251 e. The minimum atomic E-state index is -0.0157. The summed E-state index contributed by atoms with van der Waals surface area (Å²) in [4.78, 5) is 12.4. The zero-order valence-corrected chi connectivity index (χ0v) is 15.1. The summed E-state index contributed by atoms with van der Waals surface area (Å²) in [7, 11) is 0. The van der Waals surface area contributed by atoms with E-state index in [1.165, 1.54) is 16.7 Å². The Bertz CT molecular complexity index is 905. The van der Waals surface area contributed by atoms with Crippen LogP contribution in [0.3, 0.4) is 0 Å². The van der Waals surface area contributed by atoms with E-state index in [1.807, 2.05) is 42.5 Å². The highest BCUT2D eigenvalue weighted by atomic mass is 35.5. The van der Waals surface area contributed by atoms with Crippen LogP contribution < -0.4 is 5.32 Å². The fourth-order valence-corrected chi connectivity index (χ4v) is 3.98. The fourth-order valence-electron chi connectivity index (χ4n) is 3.85. The third-order valence-corrected chi connectivity index (χ3v) is 5.40. The number of hydrogen-bond donors (Lipinski definition) is 1. The lowest BCUT2D eigenvalue weighted by Crippen LogP contribution is -2.27. The Morgan fingerprint density at radius 3 is 2.27 bits per heavy atom. The number of carbonyl (C=O) groups is 1. The van der Waals surface area contributed by atoms with Gasteiger partial charge in [-0.3, -0.25) is 4.79 Å². The van der Waals surface area contributed by atoms with Crippen LogP contribution in [0.1, 0.15) is 45.3 Å². The quantitative estimate of drug-likeness (QED) is 0.663. The Labute approximate surface area is 158 Å². The summed E-state index contributed by atoms with van der Waals surface area (Å²) in [6, 6.07) is 26.0. The first-order valence-electron chi connectivity index (χ1n) is 8.90. The number of rotatable bonds is 4. The van der Waals surface area contributed by atoms with Crippen molar-refractivity contribution in [3.8, 4) is 0 Å². The average molecular weight is 362 g/mol. The van der Waals surface area contributed by atoms with Crippen LogP contribution in [0.5, 0.6) is 0 Å². The van der Waals surface area contributed by atoms with Crippen LogP contribution in [0, 0.1) is 0 Å².